The molecule has 1 N–H and O–H groups in total. The zero-order valence-corrected chi connectivity index (χ0v) is 12.6. The summed E-state index contributed by atoms with van der Waals surface area (Å²) < 4.78 is 0. The Bertz CT molecular complexity index is 453. The second kappa shape index (κ2) is 6.68. The first-order valence-corrected chi connectivity index (χ1v) is 7.46. The Morgan fingerprint density at radius 1 is 1.40 bits per heavy atom. The molecule has 0 unspecified atom stereocenters. The molecule has 1 aliphatic rings. The second-order valence-corrected chi connectivity index (χ2v) is 5.64. The van der Waals surface area contributed by atoms with Crippen LogP contribution in [0.1, 0.15) is 51.6 Å². The minimum absolute atomic E-state index is 0.257. The van der Waals surface area contributed by atoms with Gasteiger partial charge in [-0.2, -0.15) is 0 Å². The van der Waals surface area contributed by atoms with Crippen molar-refractivity contribution in [3.8, 4) is 0 Å². The lowest BCUT2D eigenvalue weighted by atomic mass is 10.0. The van der Waals surface area contributed by atoms with E-state index in [2.05, 4.69) is 29.1 Å². The zero-order valence-electron chi connectivity index (χ0n) is 12.6. The third-order valence-corrected chi connectivity index (χ3v) is 3.78. The van der Waals surface area contributed by atoms with E-state index in [9.17, 15) is 4.79 Å². The highest BCUT2D eigenvalue weighted by Crippen LogP contribution is 2.18. The van der Waals surface area contributed by atoms with Gasteiger partial charge in [-0.25, -0.2) is 9.97 Å². The molecule has 0 bridgehead atoms. The molecule has 1 aromatic rings. The highest BCUT2D eigenvalue weighted by atomic mass is 16.2. The Balaban J connectivity index is 1.89. The summed E-state index contributed by atoms with van der Waals surface area (Å²) in [5.41, 5.74) is 1.06. The predicted molar refractivity (Wildman–Crippen MR) is 79.6 cm³/mol. The van der Waals surface area contributed by atoms with Gasteiger partial charge in [0.15, 0.2) is 0 Å². The van der Waals surface area contributed by atoms with Crippen LogP contribution in [0.2, 0.25) is 0 Å². The van der Waals surface area contributed by atoms with E-state index in [0.29, 0.717) is 18.4 Å². The molecule has 0 aromatic carbocycles. The summed E-state index contributed by atoms with van der Waals surface area (Å²) >= 11 is 0. The SMILES string of the molecule is CCC(=O)N1CCC(Nc2cc(C(C)C)ncn2)CC1. The summed E-state index contributed by atoms with van der Waals surface area (Å²) in [6.45, 7) is 7.85. The topological polar surface area (TPSA) is 58.1 Å². The van der Waals surface area contributed by atoms with Crippen LogP contribution in [0.25, 0.3) is 0 Å². The van der Waals surface area contributed by atoms with Crippen LogP contribution in [-0.4, -0.2) is 39.9 Å². The van der Waals surface area contributed by atoms with Crippen molar-refractivity contribution in [2.75, 3.05) is 18.4 Å². The smallest absolute Gasteiger partial charge is 0.222 e. The molecule has 1 saturated heterocycles. The Morgan fingerprint density at radius 3 is 2.70 bits per heavy atom. The molecule has 1 fully saturated rings. The maximum Gasteiger partial charge on any atom is 0.222 e. The number of nitrogens with zero attached hydrogens (tertiary/aromatic N) is 3. The molecule has 2 rings (SSSR count). The molecular formula is C15H24N4O. The lowest BCUT2D eigenvalue weighted by molar-refractivity contribution is -0.131. The Labute approximate surface area is 120 Å². The van der Waals surface area contributed by atoms with E-state index in [4.69, 9.17) is 0 Å². The zero-order chi connectivity index (χ0) is 14.5. The fraction of sp³-hybridized carbons (Fsp3) is 0.667. The van der Waals surface area contributed by atoms with E-state index < -0.39 is 0 Å². The lowest BCUT2D eigenvalue weighted by Crippen LogP contribution is -2.42. The van der Waals surface area contributed by atoms with Crippen molar-refractivity contribution < 1.29 is 4.79 Å². The minimum Gasteiger partial charge on any atom is -0.367 e. The number of hydrogen-bond acceptors (Lipinski definition) is 4. The fourth-order valence-corrected chi connectivity index (χ4v) is 2.47. The third-order valence-electron chi connectivity index (χ3n) is 3.78. The van der Waals surface area contributed by atoms with Crippen molar-refractivity contribution in [2.45, 2.75) is 52.0 Å². The van der Waals surface area contributed by atoms with Gasteiger partial charge in [0, 0.05) is 37.3 Å². The first-order valence-electron chi connectivity index (χ1n) is 7.46. The summed E-state index contributed by atoms with van der Waals surface area (Å²) in [4.78, 5) is 22.2. The van der Waals surface area contributed by atoms with E-state index in [1.807, 2.05) is 17.9 Å². The molecule has 2 heterocycles. The maximum atomic E-state index is 11.6. The molecule has 110 valence electrons. The van der Waals surface area contributed by atoms with Gasteiger partial charge in [-0.15, -0.1) is 0 Å². The molecule has 1 amide bonds. The molecule has 0 atom stereocenters. The number of anilines is 1. The van der Waals surface area contributed by atoms with Crippen molar-refractivity contribution in [1.29, 1.82) is 0 Å². The monoisotopic (exact) mass is 276 g/mol. The predicted octanol–water partition coefficient (Wildman–Crippen LogP) is 2.41. The largest absolute Gasteiger partial charge is 0.367 e. The number of likely N-dealkylation sites (tertiary alicyclic amines) is 1. The fourth-order valence-electron chi connectivity index (χ4n) is 2.47. The number of amides is 1. The Morgan fingerprint density at radius 2 is 2.10 bits per heavy atom. The van der Waals surface area contributed by atoms with Gasteiger partial charge in [0.2, 0.25) is 5.91 Å². The Hall–Kier alpha value is -1.65. The van der Waals surface area contributed by atoms with Gasteiger partial charge < -0.3 is 10.2 Å². The van der Waals surface area contributed by atoms with Gasteiger partial charge in [0.1, 0.15) is 12.1 Å². The van der Waals surface area contributed by atoms with Gasteiger partial charge in [-0.3, -0.25) is 4.79 Å². The molecule has 1 aromatic heterocycles. The third kappa shape index (κ3) is 3.68. The highest BCUT2D eigenvalue weighted by Gasteiger charge is 2.21. The van der Waals surface area contributed by atoms with Gasteiger partial charge in [0.25, 0.3) is 0 Å². The van der Waals surface area contributed by atoms with Crippen LogP contribution in [0.3, 0.4) is 0 Å². The van der Waals surface area contributed by atoms with Gasteiger partial charge in [0.05, 0.1) is 0 Å². The maximum absolute atomic E-state index is 11.6. The van der Waals surface area contributed by atoms with Gasteiger partial charge in [-0.1, -0.05) is 20.8 Å². The van der Waals surface area contributed by atoms with Crippen LogP contribution < -0.4 is 5.32 Å². The number of carbonyl (C=O) groups is 1. The first-order chi connectivity index (χ1) is 9.60. The van der Waals surface area contributed by atoms with E-state index in [-0.39, 0.29) is 5.91 Å². The molecular weight excluding hydrogens is 252 g/mol. The number of aromatic nitrogens is 2. The van der Waals surface area contributed by atoms with Crippen LogP contribution in [0.5, 0.6) is 0 Å². The summed E-state index contributed by atoms with van der Waals surface area (Å²) in [5.74, 6) is 1.55. The van der Waals surface area contributed by atoms with Crippen LogP contribution in [0.15, 0.2) is 12.4 Å². The summed E-state index contributed by atoms with van der Waals surface area (Å²) in [6, 6.07) is 2.42. The number of rotatable bonds is 4. The van der Waals surface area contributed by atoms with Gasteiger partial charge >= 0.3 is 0 Å². The van der Waals surface area contributed by atoms with Crippen molar-refractivity contribution >= 4 is 11.7 Å². The van der Waals surface area contributed by atoms with E-state index in [1.54, 1.807) is 6.33 Å². The number of piperidine rings is 1. The number of hydrogen-bond donors (Lipinski definition) is 1. The number of nitrogens with one attached hydrogen (secondary N) is 1. The standard InChI is InChI=1S/C15H24N4O/c1-4-15(20)19-7-5-12(6-8-19)18-14-9-13(11(2)3)16-10-17-14/h9-12H,4-8H2,1-3H3,(H,16,17,18). The summed E-state index contributed by atoms with van der Waals surface area (Å²) in [6.07, 6.45) is 4.18. The van der Waals surface area contributed by atoms with Crippen molar-refractivity contribution in [3.63, 3.8) is 0 Å². The molecule has 5 nitrogen and oxygen atoms in total. The Kier molecular flexibility index (Phi) is 4.93. The minimum atomic E-state index is 0.257. The highest BCUT2D eigenvalue weighted by molar-refractivity contribution is 5.75. The normalized spacial score (nSPS) is 16.5. The molecule has 5 heteroatoms. The van der Waals surface area contributed by atoms with E-state index in [1.165, 1.54) is 0 Å². The molecule has 20 heavy (non-hydrogen) atoms. The van der Waals surface area contributed by atoms with Crippen LogP contribution in [0, 0.1) is 0 Å². The average Bonchev–Trinajstić information content (AvgIpc) is 2.47. The van der Waals surface area contributed by atoms with E-state index >= 15 is 0 Å². The van der Waals surface area contributed by atoms with Crippen LogP contribution in [0.4, 0.5) is 5.82 Å². The molecule has 0 radical (unpaired) electrons. The van der Waals surface area contributed by atoms with Crippen molar-refractivity contribution in [3.05, 3.63) is 18.1 Å². The second-order valence-electron chi connectivity index (χ2n) is 5.64. The van der Waals surface area contributed by atoms with Gasteiger partial charge in [-0.05, 0) is 18.8 Å². The lowest BCUT2D eigenvalue weighted by Gasteiger charge is -2.32. The van der Waals surface area contributed by atoms with Crippen LogP contribution >= 0.6 is 0 Å². The molecule has 1 aliphatic heterocycles. The first kappa shape index (κ1) is 14.8. The van der Waals surface area contributed by atoms with E-state index in [0.717, 1.165) is 37.4 Å². The molecule has 0 saturated carbocycles. The van der Waals surface area contributed by atoms with Crippen molar-refractivity contribution in [1.82, 2.24) is 14.9 Å². The average molecular weight is 276 g/mol. The molecule has 0 aliphatic carbocycles. The van der Waals surface area contributed by atoms with Crippen LogP contribution in [-0.2, 0) is 4.79 Å². The summed E-state index contributed by atoms with van der Waals surface area (Å²) in [5, 5.41) is 3.46. The van der Waals surface area contributed by atoms with Crippen molar-refractivity contribution in [2.24, 2.45) is 0 Å². The summed E-state index contributed by atoms with van der Waals surface area (Å²) in [7, 11) is 0. The molecule has 0 spiro atoms. The quantitative estimate of drug-likeness (QED) is 0.917. The number of carbonyl (C=O) groups excluding carboxylic acids is 1.